The highest BCUT2D eigenvalue weighted by molar-refractivity contribution is 6.30. The minimum Gasteiger partial charge on any atom is -0.302 e. The van der Waals surface area contributed by atoms with Gasteiger partial charge in [0.1, 0.15) is 17.9 Å². The van der Waals surface area contributed by atoms with E-state index in [9.17, 15) is 4.79 Å². The number of para-hydroxylation sites is 1. The van der Waals surface area contributed by atoms with Gasteiger partial charge in [-0.25, -0.2) is 0 Å². The third-order valence-electron chi connectivity index (χ3n) is 7.45. The summed E-state index contributed by atoms with van der Waals surface area (Å²) in [5.74, 6) is 1.48. The number of rotatable bonds is 4. The molecule has 2 bridgehead atoms. The molecule has 2 atom stereocenters. The third kappa shape index (κ3) is 2.99. The second-order valence-electron chi connectivity index (χ2n) is 9.11. The lowest BCUT2D eigenvalue weighted by atomic mass is 9.90. The summed E-state index contributed by atoms with van der Waals surface area (Å²) in [6.07, 6.45) is 8.11. The molecule has 3 aliphatic rings. The molecule has 6 heteroatoms. The van der Waals surface area contributed by atoms with Crippen LogP contribution >= 0.6 is 11.6 Å². The number of benzene rings is 2. The van der Waals surface area contributed by atoms with Crippen LogP contribution < -0.4 is 0 Å². The van der Waals surface area contributed by atoms with Gasteiger partial charge in [-0.05, 0) is 61.9 Å². The zero-order chi connectivity index (χ0) is 21.8. The van der Waals surface area contributed by atoms with E-state index in [0.717, 1.165) is 40.3 Å². The molecule has 5 nitrogen and oxygen atoms in total. The molecule has 32 heavy (non-hydrogen) atoms. The molecule has 0 amide bonds. The van der Waals surface area contributed by atoms with Gasteiger partial charge in [0.25, 0.3) is 0 Å². The molecule has 2 aromatic carbocycles. The number of aromatic nitrogens is 3. The van der Waals surface area contributed by atoms with E-state index >= 15 is 0 Å². The third-order valence-corrected chi connectivity index (χ3v) is 7.70. The largest absolute Gasteiger partial charge is 0.302 e. The van der Waals surface area contributed by atoms with Crippen molar-refractivity contribution < 1.29 is 4.79 Å². The van der Waals surface area contributed by atoms with Gasteiger partial charge in [-0.2, -0.15) is 0 Å². The van der Waals surface area contributed by atoms with Gasteiger partial charge in [-0.3, -0.25) is 9.47 Å². The average Bonchev–Trinajstić information content (AvgIpc) is 3.49. The van der Waals surface area contributed by atoms with E-state index in [1.54, 1.807) is 0 Å². The van der Waals surface area contributed by atoms with Gasteiger partial charge in [0.05, 0.1) is 17.6 Å². The summed E-state index contributed by atoms with van der Waals surface area (Å²) in [5, 5.41) is 9.75. The second-order valence-corrected chi connectivity index (χ2v) is 9.54. The Morgan fingerprint density at radius 2 is 1.69 bits per heavy atom. The fourth-order valence-electron chi connectivity index (χ4n) is 6.04. The van der Waals surface area contributed by atoms with Crippen molar-refractivity contribution in [3.63, 3.8) is 0 Å². The van der Waals surface area contributed by atoms with Crippen molar-refractivity contribution in [1.82, 2.24) is 19.7 Å². The fraction of sp³-hybridized carbons (Fsp3) is 0.346. The topological polar surface area (TPSA) is 51.0 Å². The summed E-state index contributed by atoms with van der Waals surface area (Å²) < 4.78 is 2.13. The van der Waals surface area contributed by atoms with Crippen LogP contribution in [0.1, 0.15) is 54.4 Å². The van der Waals surface area contributed by atoms with Crippen LogP contribution in [0.15, 0.2) is 54.6 Å². The first-order valence-electron chi connectivity index (χ1n) is 11.4. The molecular formula is C26H25ClN4O. The lowest BCUT2D eigenvalue weighted by molar-refractivity contribution is -0.113. The number of carbonyl (C=O) groups is 1. The minimum absolute atomic E-state index is 0.187. The van der Waals surface area contributed by atoms with Crippen molar-refractivity contribution in [2.45, 2.75) is 56.7 Å². The van der Waals surface area contributed by atoms with Crippen LogP contribution in [-0.4, -0.2) is 44.1 Å². The molecule has 2 fully saturated rings. The molecule has 0 radical (unpaired) electrons. The van der Waals surface area contributed by atoms with Gasteiger partial charge in [0.15, 0.2) is 0 Å². The standard InChI is InChI=1S/C26H25ClN4O/c1-16-28-29-26-23(25(15-32)31-19-10-11-20(31)13-12-19)14-22(17-6-8-18(27)9-7-17)21-4-2-3-5-24(21)30(16)26/h2-9,14-15,19-20,23,25H,10-13H2,1H3/t19?,20?,23-,25?/m1/s1. The highest BCUT2D eigenvalue weighted by Gasteiger charge is 2.46. The van der Waals surface area contributed by atoms with Crippen LogP contribution in [0.25, 0.3) is 11.3 Å². The van der Waals surface area contributed by atoms with Gasteiger partial charge in [-0.1, -0.05) is 48.0 Å². The second kappa shape index (κ2) is 7.68. The Morgan fingerprint density at radius 3 is 2.38 bits per heavy atom. The van der Waals surface area contributed by atoms with E-state index in [1.807, 2.05) is 25.1 Å². The number of aryl methyl sites for hydroxylation is 1. The molecule has 6 rings (SSSR count). The molecule has 3 aliphatic heterocycles. The smallest absolute Gasteiger partial charge is 0.146 e. The van der Waals surface area contributed by atoms with Crippen LogP contribution in [0, 0.1) is 6.92 Å². The molecular weight excluding hydrogens is 420 g/mol. The maximum Gasteiger partial charge on any atom is 0.146 e. The van der Waals surface area contributed by atoms with Gasteiger partial charge < -0.3 is 4.79 Å². The monoisotopic (exact) mass is 444 g/mol. The van der Waals surface area contributed by atoms with Crippen molar-refractivity contribution in [3.05, 3.63) is 82.4 Å². The summed E-state index contributed by atoms with van der Waals surface area (Å²) in [5.41, 5.74) is 4.33. The fourth-order valence-corrected chi connectivity index (χ4v) is 6.17. The molecule has 0 N–H and O–H groups in total. The normalized spacial score (nSPS) is 25.1. The van der Waals surface area contributed by atoms with Crippen LogP contribution in [0.4, 0.5) is 0 Å². The summed E-state index contributed by atoms with van der Waals surface area (Å²) >= 11 is 6.19. The van der Waals surface area contributed by atoms with E-state index < -0.39 is 0 Å². The highest BCUT2D eigenvalue weighted by Crippen LogP contribution is 2.44. The Hall–Kier alpha value is -2.76. The van der Waals surface area contributed by atoms with Gasteiger partial charge in [0.2, 0.25) is 0 Å². The molecule has 2 saturated heterocycles. The highest BCUT2D eigenvalue weighted by atomic mass is 35.5. The molecule has 4 heterocycles. The van der Waals surface area contributed by atoms with E-state index in [4.69, 9.17) is 11.6 Å². The first-order valence-corrected chi connectivity index (χ1v) is 11.8. The number of aldehydes is 1. The number of hydrogen-bond acceptors (Lipinski definition) is 4. The number of halogens is 1. The van der Waals surface area contributed by atoms with E-state index in [1.165, 1.54) is 25.7 Å². The number of nitrogens with zero attached hydrogens (tertiary/aromatic N) is 4. The number of fused-ring (bicyclic) bond motifs is 5. The summed E-state index contributed by atoms with van der Waals surface area (Å²) in [7, 11) is 0. The molecule has 1 aromatic heterocycles. The summed E-state index contributed by atoms with van der Waals surface area (Å²) in [6.45, 7) is 1.98. The summed E-state index contributed by atoms with van der Waals surface area (Å²) in [6, 6.07) is 17.0. The van der Waals surface area contributed by atoms with Crippen LogP contribution in [-0.2, 0) is 4.79 Å². The first-order chi connectivity index (χ1) is 15.7. The Bertz CT molecular complexity index is 1190. The van der Waals surface area contributed by atoms with Gasteiger partial charge >= 0.3 is 0 Å². The summed E-state index contributed by atoms with van der Waals surface area (Å²) in [4.78, 5) is 15.1. The van der Waals surface area contributed by atoms with E-state index in [2.05, 4.69) is 56.1 Å². The van der Waals surface area contributed by atoms with Gasteiger partial charge in [0, 0.05) is 22.7 Å². The van der Waals surface area contributed by atoms with Crippen molar-refractivity contribution in [1.29, 1.82) is 0 Å². The average molecular weight is 445 g/mol. The quantitative estimate of drug-likeness (QED) is 0.534. The number of hydrogen-bond donors (Lipinski definition) is 0. The van der Waals surface area contributed by atoms with E-state index in [-0.39, 0.29) is 12.0 Å². The first kappa shape index (κ1) is 19.9. The van der Waals surface area contributed by atoms with Crippen LogP contribution in [0.5, 0.6) is 0 Å². The van der Waals surface area contributed by atoms with E-state index in [0.29, 0.717) is 17.1 Å². The molecule has 162 valence electrons. The van der Waals surface area contributed by atoms with Gasteiger partial charge in [-0.15, -0.1) is 10.2 Å². The SMILES string of the molecule is Cc1nnc2n1-c1ccccc1C(c1ccc(Cl)cc1)=C[C@@H]2C(C=O)N1C2CCC1CC2. The molecule has 1 unspecified atom stereocenters. The van der Waals surface area contributed by atoms with Crippen molar-refractivity contribution in [3.8, 4) is 5.69 Å². The predicted molar refractivity (Wildman–Crippen MR) is 125 cm³/mol. The van der Waals surface area contributed by atoms with Crippen molar-refractivity contribution in [2.75, 3.05) is 0 Å². The molecule has 0 saturated carbocycles. The Morgan fingerprint density at radius 1 is 1.00 bits per heavy atom. The molecule has 0 spiro atoms. The maximum absolute atomic E-state index is 12.7. The minimum atomic E-state index is -0.256. The lowest BCUT2D eigenvalue weighted by Crippen LogP contribution is -2.44. The van der Waals surface area contributed by atoms with Crippen molar-refractivity contribution in [2.24, 2.45) is 0 Å². The maximum atomic E-state index is 12.7. The Kier molecular flexibility index (Phi) is 4.77. The van der Waals surface area contributed by atoms with Crippen LogP contribution in [0.3, 0.4) is 0 Å². The predicted octanol–water partition coefficient (Wildman–Crippen LogP) is 4.95. The molecule has 0 aliphatic carbocycles. The Balaban J connectivity index is 1.58. The lowest BCUT2D eigenvalue weighted by Gasteiger charge is -2.32. The van der Waals surface area contributed by atoms with Crippen LogP contribution in [0.2, 0.25) is 5.02 Å². The zero-order valence-electron chi connectivity index (χ0n) is 18.0. The number of carbonyl (C=O) groups excluding carboxylic acids is 1. The molecule has 3 aromatic rings. The zero-order valence-corrected chi connectivity index (χ0v) is 18.7. The Labute approximate surface area is 192 Å². The van der Waals surface area contributed by atoms with Crippen molar-refractivity contribution >= 4 is 23.5 Å².